The highest BCUT2D eigenvalue weighted by Crippen LogP contribution is 2.15. The van der Waals surface area contributed by atoms with Gasteiger partial charge in [-0.25, -0.2) is 9.97 Å². The molecule has 0 saturated heterocycles. The smallest absolute Gasteiger partial charge is 0.274 e. The molecule has 0 atom stereocenters. The van der Waals surface area contributed by atoms with E-state index in [1.807, 2.05) is 35.0 Å². The lowest BCUT2D eigenvalue weighted by Crippen LogP contribution is -2.13. The minimum atomic E-state index is -0.251. The number of hydrogen-bond donors (Lipinski definition) is 1. The number of pyridine rings is 1. The summed E-state index contributed by atoms with van der Waals surface area (Å²) in [5, 5.41) is 2.83. The van der Waals surface area contributed by atoms with Crippen LogP contribution in [0.25, 0.3) is 5.69 Å². The number of carbonyl (C=O) groups is 1. The van der Waals surface area contributed by atoms with Crippen molar-refractivity contribution in [3.05, 3.63) is 71.5 Å². The Balaban J connectivity index is 1.82. The van der Waals surface area contributed by atoms with Gasteiger partial charge in [0.1, 0.15) is 10.3 Å². The molecular weight excluding hydrogens is 332 g/mol. The Morgan fingerprint density at radius 1 is 1.19 bits per heavy atom. The van der Waals surface area contributed by atoms with Crippen LogP contribution in [0.1, 0.15) is 10.5 Å². The number of hydrogen-bond acceptors (Lipinski definition) is 3. The molecule has 3 aromatic rings. The van der Waals surface area contributed by atoms with Gasteiger partial charge < -0.3 is 9.88 Å². The predicted molar refractivity (Wildman–Crippen MR) is 83.5 cm³/mol. The van der Waals surface area contributed by atoms with E-state index in [2.05, 4.69) is 31.2 Å². The Morgan fingerprint density at radius 2 is 2.05 bits per heavy atom. The summed E-state index contributed by atoms with van der Waals surface area (Å²) in [6, 6.07) is 12.7. The van der Waals surface area contributed by atoms with Gasteiger partial charge in [0, 0.05) is 23.8 Å². The Bertz CT molecular complexity index is 771. The molecule has 1 N–H and O–H groups in total. The molecule has 104 valence electrons. The molecule has 5 nitrogen and oxygen atoms in total. The first kappa shape index (κ1) is 13.5. The van der Waals surface area contributed by atoms with Gasteiger partial charge in [0.2, 0.25) is 0 Å². The van der Waals surface area contributed by atoms with Gasteiger partial charge in [0.15, 0.2) is 0 Å². The van der Waals surface area contributed by atoms with Gasteiger partial charge in [-0.2, -0.15) is 0 Å². The lowest BCUT2D eigenvalue weighted by molar-refractivity contribution is 0.102. The van der Waals surface area contributed by atoms with Crippen LogP contribution in [-0.2, 0) is 0 Å². The Morgan fingerprint density at radius 3 is 2.81 bits per heavy atom. The number of carbonyl (C=O) groups excluding carboxylic acids is 1. The molecule has 0 spiro atoms. The van der Waals surface area contributed by atoms with Gasteiger partial charge in [-0.3, -0.25) is 4.79 Å². The molecule has 1 aromatic carbocycles. The summed E-state index contributed by atoms with van der Waals surface area (Å²) in [6.45, 7) is 0. The van der Waals surface area contributed by atoms with E-state index in [1.54, 1.807) is 30.7 Å². The van der Waals surface area contributed by atoms with Crippen LogP contribution < -0.4 is 5.32 Å². The quantitative estimate of drug-likeness (QED) is 0.743. The molecule has 0 fully saturated rings. The van der Waals surface area contributed by atoms with Crippen LogP contribution in [0, 0.1) is 0 Å². The predicted octanol–water partition coefficient (Wildman–Crippen LogP) is 3.28. The molecule has 0 radical (unpaired) electrons. The molecule has 21 heavy (non-hydrogen) atoms. The monoisotopic (exact) mass is 342 g/mol. The number of rotatable bonds is 3. The molecule has 0 aliphatic heterocycles. The summed E-state index contributed by atoms with van der Waals surface area (Å²) in [7, 11) is 0. The van der Waals surface area contributed by atoms with Crippen LogP contribution >= 0.6 is 15.9 Å². The van der Waals surface area contributed by atoms with Crippen molar-refractivity contribution in [2.45, 2.75) is 0 Å². The lowest BCUT2D eigenvalue weighted by atomic mass is 10.2. The second kappa shape index (κ2) is 5.88. The van der Waals surface area contributed by atoms with Crippen LogP contribution in [-0.4, -0.2) is 20.4 Å². The van der Waals surface area contributed by atoms with Crippen molar-refractivity contribution in [2.75, 3.05) is 5.32 Å². The van der Waals surface area contributed by atoms with E-state index >= 15 is 0 Å². The molecule has 2 aromatic heterocycles. The van der Waals surface area contributed by atoms with E-state index in [4.69, 9.17) is 0 Å². The number of nitrogens with one attached hydrogen (secondary N) is 1. The summed E-state index contributed by atoms with van der Waals surface area (Å²) in [6.07, 6.45) is 5.25. The fourth-order valence-electron chi connectivity index (χ4n) is 1.89. The molecule has 0 aliphatic rings. The number of anilines is 1. The molecule has 0 bridgehead atoms. The van der Waals surface area contributed by atoms with E-state index in [1.165, 1.54) is 0 Å². The first-order chi connectivity index (χ1) is 10.2. The average molecular weight is 343 g/mol. The molecule has 6 heteroatoms. The molecule has 0 unspecified atom stereocenters. The molecule has 0 saturated carbocycles. The minimum Gasteiger partial charge on any atom is -0.321 e. The molecular formula is C15H11BrN4O. The zero-order chi connectivity index (χ0) is 14.7. The number of aromatic nitrogens is 3. The first-order valence-electron chi connectivity index (χ1n) is 6.25. The van der Waals surface area contributed by atoms with E-state index in [0.29, 0.717) is 16.0 Å². The highest BCUT2D eigenvalue weighted by Gasteiger charge is 2.08. The summed E-state index contributed by atoms with van der Waals surface area (Å²) in [5.41, 5.74) is 1.98. The van der Waals surface area contributed by atoms with Crippen LogP contribution in [0.15, 0.2) is 65.8 Å². The van der Waals surface area contributed by atoms with E-state index in [9.17, 15) is 4.79 Å². The third kappa shape index (κ3) is 3.17. The number of benzene rings is 1. The number of imidazole rings is 1. The maximum atomic E-state index is 12.2. The van der Waals surface area contributed by atoms with Crippen molar-refractivity contribution in [1.29, 1.82) is 0 Å². The van der Waals surface area contributed by atoms with Gasteiger partial charge in [0.25, 0.3) is 5.91 Å². The van der Waals surface area contributed by atoms with Crippen LogP contribution in [0.3, 0.4) is 0 Å². The van der Waals surface area contributed by atoms with Gasteiger partial charge in [-0.1, -0.05) is 12.1 Å². The Hall–Kier alpha value is -2.47. The van der Waals surface area contributed by atoms with Crippen molar-refractivity contribution in [3.8, 4) is 5.69 Å². The van der Waals surface area contributed by atoms with E-state index in [0.717, 1.165) is 5.69 Å². The average Bonchev–Trinajstić information content (AvgIpc) is 3.02. The zero-order valence-corrected chi connectivity index (χ0v) is 12.5. The number of halogens is 1. The van der Waals surface area contributed by atoms with Crippen LogP contribution in [0.5, 0.6) is 0 Å². The summed E-state index contributed by atoms with van der Waals surface area (Å²) < 4.78 is 2.50. The molecule has 0 aliphatic carbocycles. The van der Waals surface area contributed by atoms with Crippen LogP contribution in [0.4, 0.5) is 5.69 Å². The van der Waals surface area contributed by atoms with Gasteiger partial charge in [-0.15, -0.1) is 0 Å². The van der Waals surface area contributed by atoms with Crippen molar-refractivity contribution < 1.29 is 4.79 Å². The molecule has 2 heterocycles. The van der Waals surface area contributed by atoms with E-state index < -0.39 is 0 Å². The maximum absolute atomic E-state index is 12.2. The minimum absolute atomic E-state index is 0.251. The van der Waals surface area contributed by atoms with Crippen molar-refractivity contribution in [1.82, 2.24) is 14.5 Å². The topological polar surface area (TPSA) is 59.8 Å². The summed E-state index contributed by atoms with van der Waals surface area (Å²) >= 11 is 3.25. The third-order valence-corrected chi connectivity index (χ3v) is 3.30. The summed E-state index contributed by atoms with van der Waals surface area (Å²) in [4.78, 5) is 20.3. The van der Waals surface area contributed by atoms with Crippen LogP contribution in [0.2, 0.25) is 0 Å². The fraction of sp³-hybridized carbons (Fsp3) is 0. The Kier molecular flexibility index (Phi) is 3.79. The van der Waals surface area contributed by atoms with E-state index in [-0.39, 0.29) is 5.91 Å². The highest BCUT2D eigenvalue weighted by molar-refractivity contribution is 9.10. The van der Waals surface area contributed by atoms with Crippen molar-refractivity contribution in [2.24, 2.45) is 0 Å². The zero-order valence-electron chi connectivity index (χ0n) is 10.9. The second-order valence-electron chi connectivity index (χ2n) is 4.32. The lowest BCUT2D eigenvalue weighted by Gasteiger charge is -2.07. The largest absolute Gasteiger partial charge is 0.321 e. The fourth-order valence-corrected chi connectivity index (χ4v) is 2.23. The third-order valence-electron chi connectivity index (χ3n) is 2.85. The standard InChI is InChI=1S/C15H11BrN4O/c16-14-6-2-5-13(19-14)15(21)18-11-3-1-4-12(9-11)20-8-7-17-10-20/h1-10H,(H,18,21). The highest BCUT2D eigenvalue weighted by atomic mass is 79.9. The first-order valence-corrected chi connectivity index (χ1v) is 7.04. The van der Waals surface area contributed by atoms with Gasteiger partial charge in [0.05, 0.1) is 6.33 Å². The normalized spacial score (nSPS) is 10.3. The van der Waals surface area contributed by atoms with Crippen molar-refractivity contribution >= 4 is 27.5 Å². The van der Waals surface area contributed by atoms with Gasteiger partial charge >= 0.3 is 0 Å². The maximum Gasteiger partial charge on any atom is 0.274 e. The summed E-state index contributed by atoms with van der Waals surface area (Å²) in [5.74, 6) is -0.251. The second-order valence-corrected chi connectivity index (χ2v) is 5.13. The van der Waals surface area contributed by atoms with Gasteiger partial charge in [-0.05, 0) is 46.3 Å². The molecule has 3 rings (SSSR count). The molecule has 1 amide bonds. The number of nitrogens with zero attached hydrogens (tertiary/aromatic N) is 3. The Labute approximate surface area is 129 Å². The SMILES string of the molecule is O=C(Nc1cccc(-n2ccnc2)c1)c1cccc(Br)n1. The number of amides is 1. The van der Waals surface area contributed by atoms with Crippen molar-refractivity contribution in [3.63, 3.8) is 0 Å².